The fraction of sp³-hybridized carbons (Fsp3) is 0.310. The standard InChI is InChI=1S/C29H32N4O4S/c1-36-26-16-12-22(13-17-26)20-32(21-23-14-18-27(37-2)19-15-23)38(34,35)29-28(24-8-4-3-5-9-24)33(31-30-29)25-10-6-7-11-25/h3-5,8-9,12-19,25H,6-7,10-11,20-21H2,1-2H3. The van der Waals surface area contributed by atoms with E-state index < -0.39 is 10.0 Å². The second-order valence-corrected chi connectivity index (χ2v) is 11.3. The van der Waals surface area contributed by atoms with Crippen molar-refractivity contribution in [2.24, 2.45) is 0 Å². The van der Waals surface area contributed by atoms with Crippen LogP contribution in [0.1, 0.15) is 42.9 Å². The molecule has 4 aromatic rings. The van der Waals surface area contributed by atoms with E-state index in [2.05, 4.69) is 10.3 Å². The normalized spacial score (nSPS) is 14.2. The molecule has 0 bridgehead atoms. The Bertz CT molecular complexity index is 1400. The van der Waals surface area contributed by atoms with Gasteiger partial charge in [-0.25, -0.2) is 13.1 Å². The molecule has 0 spiro atoms. The van der Waals surface area contributed by atoms with Crippen molar-refractivity contribution < 1.29 is 17.9 Å². The van der Waals surface area contributed by atoms with Gasteiger partial charge in [-0.2, -0.15) is 4.31 Å². The molecule has 0 amide bonds. The van der Waals surface area contributed by atoms with Crippen LogP contribution in [0.4, 0.5) is 0 Å². The molecule has 0 N–H and O–H groups in total. The Balaban J connectivity index is 1.58. The van der Waals surface area contributed by atoms with Crippen LogP contribution >= 0.6 is 0 Å². The maximum absolute atomic E-state index is 14.4. The van der Waals surface area contributed by atoms with Crippen molar-refractivity contribution in [3.8, 4) is 22.8 Å². The molecule has 0 unspecified atom stereocenters. The molecule has 1 aliphatic rings. The summed E-state index contributed by atoms with van der Waals surface area (Å²) in [5, 5.41) is 8.71. The maximum Gasteiger partial charge on any atom is 0.265 e. The second kappa shape index (κ2) is 11.4. The first-order valence-corrected chi connectivity index (χ1v) is 14.2. The zero-order chi connectivity index (χ0) is 26.5. The zero-order valence-corrected chi connectivity index (χ0v) is 22.5. The lowest BCUT2D eigenvalue weighted by molar-refractivity contribution is 0.396. The third kappa shape index (κ3) is 5.44. The van der Waals surface area contributed by atoms with Crippen molar-refractivity contribution in [3.05, 3.63) is 90.0 Å². The van der Waals surface area contributed by atoms with E-state index in [1.54, 1.807) is 14.2 Å². The van der Waals surface area contributed by atoms with Gasteiger partial charge in [0.15, 0.2) is 0 Å². The third-order valence-electron chi connectivity index (χ3n) is 7.00. The second-order valence-electron chi connectivity index (χ2n) is 9.46. The van der Waals surface area contributed by atoms with Crippen LogP contribution < -0.4 is 9.47 Å². The van der Waals surface area contributed by atoms with Crippen LogP contribution in [0.15, 0.2) is 83.9 Å². The first kappa shape index (κ1) is 25.9. The Labute approximate surface area is 223 Å². The van der Waals surface area contributed by atoms with E-state index in [4.69, 9.17) is 9.47 Å². The Morgan fingerprint density at radius 1 is 0.816 bits per heavy atom. The van der Waals surface area contributed by atoms with Crippen LogP contribution in [-0.4, -0.2) is 41.9 Å². The first-order valence-electron chi connectivity index (χ1n) is 12.8. The number of sulfonamides is 1. The molecular weight excluding hydrogens is 500 g/mol. The summed E-state index contributed by atoms with van der Waals surface area (Å²) < 4.78 is 42.6. The van der Waals surface area contributed by atoms with Gasteiger partial charge in [-0.3, -0.25) is 0 Å². The van der Waals surface area contributed by atoms with E-state index in [9.17, 15) is 8.42 Å². The average molecular weight is 533 g/mol. The largest absolute Gasteiger partial charge is 0.497 e. The lowest BCUT2D eigenvalue weighted by Gasteiger charge is -2.23. The van der Waals surface area contributed by atoms with E-state index in [1.165, 1.54) is 4.31 Å². The van der Waals surface area contributed by atoms with E-state index in [0.717, 1.165) is 42.4 Å². The summed E-state index contributed by atoms with van der Waals surface area (Å²) in [5.41, 5.74) is 3.02. The summed E-state index contributed by atoms with van der Waals surface area (Å²) in [5.74, 6) is 1.42. The van der Waals surface area contributed by atoms with Crippen molar-refractivity contribution in [3.63, 3.8) is 0 Å². The molecule has 1 aliphatic carbocycles. The van der Waals surface area contributed by atoms with Gasteiger partial charge < -0.3 is 9.47 Å². The van der Waals surface area contributed by atoms with E-state index in [1.807, 2.05) is 83.5 Å². The van der Waals surface area contributed by atoms with Gasteiger partial charge in [-0.1, -0.05) is 72.7 Å². The summed E-state index contributed by atoms with van der Waals surface area (Å²) in [6.45, 7) is 0.339. The summed E-state index contributed by atoms with van der Waals surface area (Å²) in [4.78, 5) is 0. The number of rotatable bonds is 10. The van der Waals surface area contributed by atoms with Gasteiger partial charge in [-0.05, 0) is 48.2 Å². The molecule has 198 valence electrons. The van der Waals surface area contributed by atoms with Crippen LogP contribution in [0.3, 0.4) is 0 Å². The van der Waals surface area contributed by atoms with Gasteiger partial charge in [0.05, 0.1) is 20.3 Å². The summed E-state index contributed by atoms with van der Waals surface area (Å²) in [7, 11) is -0.829. The van der Waals surface area contributed by atoms with Gasteiger partial charge in [0.2, 0.25) is 5.03 Å². The number of aromatic nitrogens is 3. The highest BCUT2D eigenvalue weighted by atomic mass is 32.2. The molecule has 8 nitrogen and oxygen atoms in total. The maximum atomic E-state index is 14.4. The van der Waals surface area contributed by atoms with Crippen molar-refractivity contribution in [1.29, 1.82) is 0 Å². The predicted octanol–water partition coefficient (Wildman–Crippen LogP) is 5.47. The molecule has 1 aromatic heterocycles. The van der Waals surface area contributed by atoms with Gasteiger partial charge in [0, 0.05) is 18.7 Å². The number of hydrogen-bond donors (Lipinski definition) is 0. The van der Waals surface area contributed by atoms with E-state index in [-0.39, 0.29) is 24.2 Å². The minimum Gasteiger partial charge on any atom is -0.497 e. The molecular formula is C29H32N4O4S. The van der Waals surface area contributed by atoms with Crippen molar-refractivity contribution in [1.82, 2.24) is 19.3 Å². The molecule has 0 saturated heterocycles. The Hall–Kier alpha value is -3.69. The lowest BCUT2D eigenvalue weighted by atomic mass is 10.1. The molecule has 1 saturated carbocycles. The molecule has 1 fully saturated rings. The highest BCUT2D eigenvalue weighted by molar-refractivity contribution is 7.89. The van der Waals surface area contributed by atoms with Crippen LogP contribution in [0.5, 0.6) is 11.5 Å². The number of ether oxygens (including phenoxy) is 2. The summed E-state index contributed by atoms with van der Waals surface area (Å²) in [6, 6.07) is 24.5. The number of hydrogen-bond acceptors (Lipinski definition) is 6. The van der Waals surface area contributed by atoms with Crippen LogP contribution in [0.2, 0.25) is 0 Å². The molecule has 0 radical (unpaired) electrons. The van der Waals surface area contributed by atoms with Gasteiger partial charge in [0.1, 0.15) is 17.2 Å². The fourth-order valence-corrected chi connectivity index (χ4v) is 6.40. The van der Waals surface area contributed by atoms with Gasteiger partial charge in [0.25, 0.3) is 10.0 Å². The third-order valence-corrected chi connectivity index (χ3v) is 8.70. The van der Waals surface area contributed by atoms with Gasteiger partial charge >= 0.3 is 0 Å². The quantitative estimate of drug-likeness (QED) is 0.269. The first-order chi connectivity index (χ1) is 18.5. The van der Waals surface area contributed by atoms with E-state index in [0.29, 0.717) is 17.2 Å². The molecule has 3 aromatic carbocycles. The Morgan fingerprint density at radius 2 is 1.34 bits per heavy atom. The Morgan fingerprint density at radius 3 is 1.84 bits per heavy atom. The molecule has 9 heteroatoms. The van der Waals surface area contributed by atoms with Crippen LogP contribution in [0, 0.1) is 0 Å². The zero-order valence-electron chi connectivity index (χ0n) is 21.7. The highest BCUT2D eigenvalue weighted by Gasteiger charge is 2.35. The molecule has 38 heavy (non-hydrogen) atoms. The van der Waals surface area contributed by atoms with Crippen molar-refractivity contribution in [2.75, 3.05) is 14.2 Å². The topological polar surface area (TPSA) is 86.6 Å². The average Bonchev–Trinajstić information content (AvgIpc) is 3.65. The SMILES string of the molecule is COc1ccc(CN(Cc2ccc(OC)cc2)S(=O)(=O)c2nnn(C3CCCC3)c2-c2ccccc2)cc1. The summed E-state index contributed by atoms with van der Waals surface area (Å²) in [6.07, 6.45) is 4.12. The molecule has 5 rings (SSSR count). The van der Waals surface area contributed by atoms with Crippen LogP contribution in [0.25, 0.3) is 11.3 Å². The fourth-order valence-electron chi connectivity index (χ4n) is 4.93. The monoisotopic (exact) mass is 532 g/mol. The minimum absolute atomic E-state index is 0.0161. The summed E-state index contributed by atoms with van der Waals surface area (Å²) >= 11 is 0. The molecule has 0 atom stereocenters. The number of methoxy groups -OCH3 is 2. The minimum atomic E-state index is -4.04. The number of nitrogens with zero attached hydrogens (tertiary/aromatic N) is 4. The van der Waals surface area contributed by atoms with Crippen LogP contribution in [-0.2, 0) is 23.1 Å². The smallest absolute Gasteiger partial charge is 0.265 e. The van der Waals surface area contributed by atoms with E-state index >= 15 is 0 Å². The lowest BCUT2D eigenvalue weighted by Crippen LogP contribution is -2.31. The van der Waals surface area contributed by atoms with Gasteiger partial charge in [-0.15, -0.1) is 5.10 Å². The Kier molecular flexibility index (Phi) is 7.76. The molecule has 0 aliphatic heterocycles. The highest BCUT2D eigenvalue weighted by Crippen LogP contribution is 2.36. The van der Waals surface area contributed by atoms with Crippen molar-refractivity contribution in [2.45, 2.75) is 49.8 Å². The predicted molar refractivity (Wildman–Crippen MR) is 145 cm³/mol. The number of benzene rings is 3. The molecule has 1 heterocycles. The van der Waals surface area contributed by atoms with Crippen molar-refractivity contribution >= 4 is 10.0 Å².